The average molecular weight is 271 g/mol. The normalized spacial score (nSPS) is 14.4. The highest BCUT2D eigenvalue weighted by Crippen LogP contribution is 2.29. The van der Waals surface area contributed by atoms with Gasteiger partial charge in [-0.05, 0) is 44.0 Å². The Bertz CT molecular complexity index is 643. The Morgan fingerprint density at radius 1 is 1.16 bits per heavy atom. The van der Waals surface area contributed by atoms with E-state index in [1.165, 1.54) is 29.5 Å². The summed E-state index contributed by atoms with van der Waals surface area (Å²) < 4.78 is 0.545. The third kappa shape index (κ3) is 2.54. The Morgan fingerprint density at radius 2 is 1.95 bits per heavy atom. The van der Waals surface area contributed by atoms with Gasteiger partial charge in [0, 0.05) is 12.1 Å². The molecule has 0 saturated carbocycles. The monoisotopic (exact) mass is 271 g/mol. The molecule has 0 spiro atoms. The van der Waals surface area contributed by atoms with Gasteiger partial charge in [-0.1, -0.05) is 29.8 Å². The summed E-state index contributed by atoms with van der Waals surface area (Å²) in [5.74, 6) is 0.955. The summed E-state index contributed by atoms with van der Waals surface area (Å²) in [4.78, 5) is 7.69. The number of fused-ring (bicyclic) bond motifs is 1. The molecule has 2 heterocycles. The average Bonchev–Trinajstić information content (AvgIpc) is 2.64. The number of nitrogens with zero attached hydrogens (tertiary/aromatic N) is 1. The first kappa shape index (κ1) is 12.4. The number of aromatic amines is 1. The molecule has 0 atom stereocenters. The minimum atomic E-state index is 0.545. The smallest absolute Gasteiger partial charge is 0.199 e. The molecule has 3 rings (SSSR count). The van der Waals surface area contributed by atoms with Crippen LogP contribution >= 0.6 is 12.2 Å². The molecule has 3 nitrogen and oxygen atoms in total. The van der Waals surface area contributed by atoms with Crippen LogP contribution in [0.3, 0.4) is 0 Å². The standard InChI is InChI=1S/C15H17N3S/c1-10-5-7-11(8-6-10)13-12-4-2-3-9-16-14(12)18-15(19)17-13/h5-8H,2-4,9H2,1H3,(H2,16,17,18,19). The first-order chi connectivity index (χ1) is 9.24. The van der Waals surface area contributed by atoms with E-state index in [9.17, 15) is 0 Å². The summed E-state index contributed by atoms with van der Waals surface area (Å²) in [5.41, 5.74) is 4.82. The zero-order chi connectivity index (χ0) is 13.2. The Labute approximate surface area is 118 Å². The van der Waals surface area contributed by atoms with E-state index in [1.54, 1.807) is 0 Å². The molecule has 2 aromatic rings. The quantitative estimate of drug-likeness (QED) is 0.774. The maximum absolute atomic E-state index is 5.25. The van der Waals surface area contributed by atoms with Crippen LogP contribution in [-0.2, 0) is 6.42 Å². The molecule has 0 radical (unpaired) electrons. The molecule has 0 bridgehead atoms. The maximum atomic E-state index is 5.25. The van der Waals surface area contributed by atoms with Crippen molar-refractivity contribution in [3.05, 3.63) is 40.2 Å². The number of aryl methyl sites for hydroxylation is 1. The van der Waals surface area contributed by atoms with Crippen molar-refractivity contribution in [3.8, 4) is 11.3 Å². The molecule has 0 amide bonds. The summed E-state index contributed by atoms with van der Waals surface area (Å²) in [6.45, 7) is 3.08. The Hall–Kier alpha value is -1.68. The van der Waals surface area contributed by atoms with Gasteiger partial charge >= 0.3 is 0 Å². The number of H-pyrrole nitrogens is 1. The van der Waals surface area contributed by atoms with Gasteiger partial charge in [0.05, 0.1) is 5.69 Å². The van der Waals surface area contributed by atoms with Crippen molar-refractivity contribution in [2.24, 2.45) is 0 Å². The lowest BCUT2D eigenvalue weighted by molar-refractivity contribution is 0.785. The largest absolute Gasteiger partial charge is 0.370 e. The molecule has 1 aromatic heterocycles. The molecular weight excluding hydrogens is 254 g/mol. The van der Waals surface area contributed by atoms with Gasteiger partial charge in [-0.2, -0.15) is 0 Å². The van der Waals surface area contributed by atoms with E-state index >= 15 is 0 Å². The summed E-state index contributed by atoms with van der Waals surface area (Å²) in [6, 6.07) is 8.54. The molecule has 0 aliphatic carbocycles. The number of benzene rings is 1. The SMILES string of the molecule is Cc1ccc(-c2[nH]c(=S)nc3c2CCCCN3)cc1. The van der Waals surface area contributed by atoms with Gasteiger partial charge in [0.1, 0.15) is 5.82 Å². The number of hydrogen-bond acceptors (Lipinski definition) is 3. The first-order valence-electron chi connectivity index (χ1n) is 6.68. The number of aromatic nitrogens is 2. The highest BCUT2D eigenvalue weighted by atomic mass is 32.1. The molecular formula is C15H17N3S. The van der Waals surface area contributed by atoms with Crippen molar-refractivity contribution in [2.45, 2.75) is 26.2 Å². The van der Waals surface area contributed by atoms with Gasteiger partial charge in [-0.15, -0.1) is 0 Å². The zero-order valence-corrected chi connectivity index (χ0v) is 11.8. The first-order valence-corrected chi connectivity index (χ1v) is 7.09. The molecule has 1 aliphatic heterocycles. The highest BCUT2D eigenvalue weighted by molar-refractivity contribution is 7.71. The van der Waals surface area contributed by atoms with Crippen LogP contribution in [-0.4, -0.2) is 16.5 Å². The number of rotatable bonds is 1. The van der Waals surface area contributed by atoms with Crippen LogP contribution in [0.1, 0.15) is 24.0 Å². The van der Waals surface area contributed by atoms with Crippen molar-refractivity contribution >= 4 is 18.0 Å². The maximum Gasteiger partial charge on any atom is 0.199 e. The van der Waals surface area contributed by atoms with E-state index in [2.05, 4.69) is 46.5 Å². The molecule has 0 unspecified atom stereocenters. The molecule has 1 aliphatic rings. The summed E-state index contributed by atoms with van der Waals surface area (Å²) in [6.07, 6.45) is 3.41. The van der Waals surface area contributed by atoms with Crippen molar-refractivity contribution in [1.82, 2.24) is 9.97 Å². The van der Waals surface area contributed by atoms with Crippen LogP contribution < -0.4 is 5.32 Å². The molecule has 0 saturated heterocycles. The third-order valence-corrected chi connectivity index (χ3v) is 3.71. The van der Waals surface area contributed by atoms with E-state index < -0.39 is 0 Å². The van der Waals surface area contributed by atoms with Crippen LogP contribution in [0.25, 0.3) is 11.3 Å². The van der Waals surface area contributed by atoms with Crippen LogP contribution in [0, 0.1) is 11.7 Å². The summed E-state index contributed by atoms with van der Waals surface area (Å²) in [7, 11) is 0. The molecule has 4 heteroatoms. The van der Waals surface area contributed by atoms with Gasteiger partial charge in [-0.25, -0.2) is 4.98 Å². The predicted molar refractivity (Wildman–Crippen MR) is 81.0 cm³/mol. The van der Waals surface area contributed by atoms with Gasteiger partial charge in [-0.3, -0.25) is 0 Å². The predicted octanol–water partition coefficient (Wildman–Crippen LogP) is 3.86. The summed E-state index contributed by atoms with van der Waals surface area (Å²) >= 11 is 5.25. The Balaban J connectivity index is 2.17. The fourth-order valence-corrected chi connectivity index (χ4v) is 2.68. The van der Waals surface area contributed by atoms with Gasteiger partial charge in [0.15, 0.2) is 4.77 Å². The topological polar surface area (TPSA) is 40.7 Å². The van der Waals surface area contributed by atoms with Crippen LogP contribution in [0.4, 0.5) is 5.82 Å². The zero-order valence-electron chi connectivity index (χ0n) is 11.0. The lowest BCUT2D eigenvalue weighted by atomic mass is 10.0. The van der Waals surface area contributed by atoms with Crippen LogP contribution in [0.5, 0.6) is 0 Å². The van der Waals surface area contributed by atoms with Crippen molar-refractivity contribution in [2.75, 3.05) is 11.9 Å². The molecule has 98 valence electrons. The number of nitrogens with one attached hydrogen (secondary N) is 2. The molecule has 19 heavy (non-hydrogen) atoms. The lowest BCUT2D eigenvalue weighted by Gasteiger charge is -2.12. The Morgan fingerprint density at radius 3 is 2.74 bits per heavy atom. The van der Waals surface area contributed by atoms with E-state index in [0.717, 1.165) is 24.5 Å². The fraction of sp³-hybridized carbons (Fsp3) is 0.333. The second-order valence-electron chi connectivity index (χ2n) is 4.99. The van der Waals surface area contributed by atoms with Crippen LogP contribution in [0.15, 0.2) is 24.3 Å². The van der Waals surface area contributed by atoms with Crippen molar-refractivity contribution in [1.29, 1.82) is 0 Å². The molecule has 0 fully saturated rings. The lowest BCUT2D eigenvalue weighted by Crippen LogP contribution is -2.05. The number of anilines is 1. The van der Waals surface area contributed by atoms with Crippen LogP contribution in [0.2, 0.25) is 0 Å². The number of hydrogen-bond donors (Lipinski definition) is 2. The van der Waals surface area contributed by atoms with Gasteiger partial charge in [0.2, 0.25) is 0 Å². The molecule has 2 N–H and O–H groups in total. The second kappa shape index (κ2) is 5.13. The Kier molecular flexibility index (Phi) is 3.34. The third-order valence-electron chi connectivity index (χ3n) is 3.52. The van der Waals surface area contributed by atoms with E-state index in [-0.39, 0.29) is 0 Å². The highest BCUT2D eigenvalue weighted by Gasteiger charge is 2.15. The van der Waals surface area contributed by atoms with Gasteiger partial charge in [0.25, 0.3) is 0 Å². The fourth-order valence-electron chi connectivity index (χ4n) is 2.49. The summed E-state index contributed by atoms with van der Waals surface area (Å²) in [5, 5.41) is 3.39. The van der Waals surface area contributed by atoms with Crippen molar-refractivity contribution in [3.63, 3.8) is 0 Å². The minimum absolute atomic E-state index is 0.545. The van der Waals surface area contributed by atoms with Gasteiger partial charge < -0.3 is 10.3 Å². The minimum Gasteiger partial charge on any atom is -0.370 e. The van der Waals surface area contributed by atoms with Crippen molar-refractivity contribution < 1.29 is 0 Å². The van der Waals surface area contributed by atoms with E-state index in [1.807, 2.05) is 0 Å². The van der Waals surface area contributed by atoms with E-state index in [4.69, 9.17) is 12.2 Å². The van der Waals surface area contributed by atoms with E-state index in [0.29, 0.717) is 4.77 Å². The molecule has 1 aromatic carbocycles. The second-order valence-corrected chi connectivity index (χ2v) is 5.38.